The fourth-order valence-corrected chi connectivity index (χ4v) is 3.81. The lowest BCUT2D eigenvalue weighted by molar-refractivity contribution is -0.137. The molecule has 9 heteroatoms. The highest BCUT2D eigenvalue weighted by Gasteiger charge is 2.38. The van der Waals surface area contributed by atoms with Gasteiger partial charge in [0.2, 0.25) is 11.8 Å². The Morgan fingerprint density at radius 2 is 2.03 bits per heavy atom. The lowest BCUT2D eigenvalue weighted by atomic mass is 9.96. The van der Waals surface area contributed by atoms with Crippen LogP contribution in [-0.4, -0.2) is 71.7 Å². The van der Waals surface area contributed by atoms with E-state index in [1.54, 1.807) is 25.8 Å². The van der Waals surface area contributed by atoms with Crippen LogP contribution in [0.1, 0.15) is 30.5 Å². The molecule has 31 heavy (non-hydrogen) atoms. The topological polar surface area (TPSA) is 98.6 Å². The fourth-order valence-electron chi connectivity index (χ4n) is 3.81. The number of carbonyl (C=O) groups is 2. The molecule has 1 N–H and O–H groups in total. The van der Waals surface area contributed by atoms with Crippen LogP contribution in [0.15, 0.2) is 36.5 Å². The van der Waals surface area contributed by atoms with Crippen molar-refractivity contribution in [2.24, 2.45) is 5.92 Å². The molecule has 168 valence electrons. The van der Waals surface area contributed by atoms with Crippen molar-refractivity contribution in [3.63, 3.8) is 0 Å². The van der Waals surface area contributed by atoms with Crippen LogP contribution in [0.4, 0.5) is 0 Å². The molecule has 3 atom stereocenters. The first-order valence-electron chi connectivity index (χ1n) is 10.6. The monoisotopic (exact) mass is 429 g/mol. The van der Waals surface area contributed by atoms with Gasteiger partial charge in [0.1, 0.15) is 5.69 Å². The second-order valence-electron chi connectivity index (χ2n) is 7.85. The Bertz CT molecular complexity index is 857. The first-order valence-corrected chi connectivity index (χ1v) is 10.6. The van der Waals surface area contributed by atoms with Crippen LogP contribution in [0.2, 0.25) is 0 Å². The van der Waals surface area contributed by atoms with E-state index >= 15 is 0 Å². The Morgan fingerprint density at radius 3 is 2.74 bits per heavy atom. The highest BCUT2D eigenvalue weighted by molar-refractivity contribution is 5.85. The van der Waals surface area contributed by atoms with Crippen LogP contribution >= 0.6 is 0 Å². The number of rotatable bonds is 10. The van der Waals surface area contributed by atoms with Gasteiger partial charge in [-0.2, -0.15) is 0 Å². The molecule has 0 unspecified atom stereocenters. The van der Waals surface area contributed by atoms with Crippen molar-refractivity contribution in [3.8, 4) is 0 Å². The highest BCUT2D eigenvalue weighted by Crippen LogP contribution is 2.31. The van der Waals surface area contributed by atoms with E-state index in [9.17, 15) is 9.59 Å². The minimum absolute atomic E-state index is 0.0267. The molecule has 3 rings (SSSR count). The zero-order valence-electron chi connectivity index (χ0n) is 18.4. The Labute approximate surface area is 182 Å². The largest absolute Gasteiger partial charge is 0.383 e. The molecule has 1 aromatic heterocycles. The van der Waals surface area contributed by atoms with E-state index in [2.05, 4.69) is 27.8 Å². The molecule has 9 nitrogen and oxygen atoms in total. The van der Waals surface area contributed by atoms with Crippen molar-refractivity contribution in [1.82, 2.24) is 25.2 Å². The Morgan fingerprint density at radius 1 is 1.26 bits per heavy atom. The third kappa shape index (κ3) is 6.11. The van der Waals surface area contributed by atoms with Crippen LogP contribution in [0, 0.1) is 5.92 Å². The van der Waals surface area contributed by atoms with Gasteiger partial charge >= 0.3 is 0 Å². The van der Waals surface area contributed by atoms with Crippen molar-refractivity contribution in [1.29, 1.82) is 0 Å². The first-order chi connectivity index (χ1) is 15.0. The zero-order chi connectivity index (χ0) is 22.2. The number of benzene rings is 1. The number of carbonyl (C=O) groups excluding carboxylic acids is 2. The molecule has 0 spiro atoms. The van der Waals surface area contributed by atoms with Gasteiger partial charge in [-0.05, 0) is 5.56 Å². The van der Waals surface area contributed by atoms with Crippen LogP contribution < -0.4 is 5.32 Å². The summed E-state index contributed by atoms with van der Waals surface area (Å²) in [6, 6.07) is 10.1. The van der Waals surface area contributed by atoms with Gasteiger partial charge < -0.3 is 19.7 Å². The molecular formula is C22H31N5O4. The van der Waals surface area contributed by atoms with Crippen LogP contribution in [-0.2, 0) is 32.2 Å². The van der Waals surface area contributed by atoms with Gasteiger partial charge in [-0.15, -0.1) is 5.10 Å². The first kappa shape index (κ1) is 22.9. The standard InChI is InChI=1S/C22H31N5O4/c1-16(11-21(28)23-2)22(29)26-13-19(17-7-5-4-6-8-17)20(14-26)31-15-18-12-27(25-24-18)9-10-30-3/h4-8,12,16,19-20H,9-11,13-15H2,1-3H3,(H,23,28)/t16-,19+,20-/m1/s1. The Kier molecular flexibility index (Phi) is 8.13. The second-order valence-corrected chi connectivity index (χ2v) is 7.85. The molecule has 1 aliphatic rings. The van der Waals surface area contributed by atoms with Gasteiger partial charge in [-0.3, -0.25) is 9.59 Å². The summed E-state index contributed by atoms with van der Waals surface area (Å²) < 4.78 is 13.0. The maximum Gasteiger partial charge on any atom is 0.226 e. The van der Waals surface area contributed by atoms with Crippen molar-refractivity contribution < 1.29 is 19.1 Å². The van der Waals surface area contributed by atoms with Crippen LogP contribution in [0.5, 0.6) is 0 Å². The summed E-state index contributed by atoms with van der Waals surface area (Å²) in [6.07, 6.45) is 1.86. The fraction of sp³-hybridized carbons (Fsp3) is 0.545. The maximum atomic E-state index is 12.9. The molecule has 1 fully saturated rings. The molecule has 0 aliphatic carbocycles. The zero-order valence-corrected chi connectivity index (χ0v) is 18.4. The second kappa shape index (κ2) is 11.0. The molecule has 0 bridgehead atoms. The van der Waals surface area contributed by atoms with Gasteiger partial charge in [-0.1, -0.05) is 42.5 Å². The quantitative estimate of drug-likeness (QED) is 0.610. The van der Waals surface area contributed by atoms with Gasteiger partial charge in [0.25, 0.3) is 0 Å². The number of ether oxygens (including phenoxy) is 2. The van der Waals surface area contributed by atoms with Gasteiger partial charge in [-0.25, -0.2) is 4.68 Å². The number of methoxy groups -OCH3 is 1. The molecular weight excluding hydrogens is 398 g/mol. The van der Waals surface area contributed by atoms with Crippen molar-refractivity contribution >= 4 is 11.8 Å². The number of amides is 2. The molecule has 1 saturated heterocycles. The minimum atomic E-state index is -0.379. The number of hydrogen-bond donors (Lipinski definition) is 1. The summed E-state index contributed by atoms with van der Waals surface area (Å²) in [5.74, 6) is -0.484. The summed E-state index contributed by atoms with van der Waals surface area (Å²) >= 11 is 0. The number of likely N-dealkylation sites (tertiary alicyclic amines) is 1. The summed E-state index contributed by atoms with van der Waals surface area (Å²) in [7, 11) is 3.23. The van der Waals surface area contributed by atoms with E-state index in [1.165, 1.54) is 0 Å². The third-order valence-electron chi connectivity index (χ3n) is 5.55. The maximum absolute atomic E-state index is 12.9. The van der Waals surface area contributed by atoms with Crippen molar-refractivity contribution in [2.45, 2.75) is 38.5 Å². The Hall–Kier alpha value is -2.78. The number of aromatic nitrogens is 3. The summed E-state index contributed by atoms with van der Waals surface area (Å²) in [6.45, 7) is 4.34. The Balaban J connectivity index is 1.66. The van der Waals surface area contributed by atoms with Crippen LogP contribution in [0.3, 0.4) is 0 Å². The SMILES string of the molecule is CNC(=O)C[C@@H](C)C(=O)N1C[C@@H](OCc2cn(CCOC)nn2)[C@H](c2ccccc2)C1. The van der Waals surface area contributed by atoms with Crippen LogP contribution in [0.25, 0.3) is 0 Å². The van der Waals surface area contributed by atoms with Gasteiger partial charge in [0.15, 0.2) is 0 Å². The van der Waals surface area contributed by atoms with E-state index < -0.39 is 0 Å². The number of hydrogen-bond acceptors (Lipinski definition) is 6. The number of nitrogens with one attached hydrogen (secondary N) is 1. The average Bonchev–Trinajstić information content (AvgIpc) is 3.43. The smallest absolute Gasteiger partial charge is 0.226 e. The highest BCUT2D eigenvalue weighted by atomic mass is 16.5. The normalized spacial score (nSPS) is 19.4. The van der Waals surface area contributed by atoms with E-state index in [0.717, 1.165) is 11.3 Å². The molecule has 2 amide bonds. The average molecular weight is 430 g/mol. The molecule has 1 aromatic carbocycles. The molecule has 0 saturated carbocycles. The van der Waals surface area contributed by atoms with Crippen molar-refractivity contribution in [2.75, 3.05) is 33.9 Å². The lowest BCUT2D eigenvalue weighted by Crippen LogP contribution is -2.36. The van der Waals surface area contributed by atoms with E-state index in [1.807, 2.05) is 29.3 Å². The van der Waals surface area contributed by atoms with Gasteiger partial charge in [0.05, 0.1) is 32.1 Å². The molecule has 0 radical (unpaired) electrons. The summed E-state index contributed by atoms with van der Waals surface area (Å²) in [5, 5.41) is 10.8. The minimum Gasteiger partial charge on any atom is -0.383 e. The lowest BCUT2D eigenvalue weighted by Gasteiger charge is -2.20. The van der Waals surface area contributed by atoms with Gasteiger partial charge in [0, 0.05) is 45.5 Å². The molecule has 2 aromatic rings. The predicted octanol–water partition coefficient (Wildman–Crippen LogP) is 1.21. The van der Waals surface area contributed by atoms with Crippen molar-refractivity contribution in [3.05, 3.63) is 47.8 Å². The summed E-state index contributed by atoms with van der Waals surface area (Å²) in [5.41, 5.74) is 1.87. The van der Waals surface area contributed by atoms with E-state index in [0.29, 0.717) is 32.8 Å². The van der Waals surface area contributed by atoms with E-state index in [-0.39, 0.29) is 36.2 Å². The summed E-state index contributed by atoms with van der Waals surface area (Å²) in [4.78, 5) is 26.5. The van der Waals surface area contributed by atoms with E-state index in [4.69, 9.17) is 9.47 Å². The molecule has 1 aliphatic heterocycles. The predicted molar refractivity (Wildman–Crippen MR) is 114 cm³/mol. The number of nitrogens with zero attached hydrogens (tertiary/aromatic N) is 4. The molecule has 2 heterocycles. The third-order valence-corrected chi connectivity index (χ3v) is 5.55.